The van der Waals surface area contributed by atoms with Gasteiger partial charge in [0.25, 0.3) is 5.91 Å². The van der Waals surface area contributed by atoms with E-state index in [1.165, 1.54) is 0 Å². The van der Waals surface area contributed by atoms with Crippen LogP contribution in [0.4, 0.5) is 4.79 Å². The van der Waals surface area contributed by atoms with Gasteiger partial charge in [0.05, 0.1) is 0 Å². The zero-order chi connectivity index (χ0) is 9.47. The first kappa shape index (κ1) is 8.64. The number of hydrogen-bond donors (Lipinski definition) is 3. The zero-order valence-electron chi connectivity index (χ0n) is 6.75. The fourth-order valence-corrected chi connectivity index (χ4v) is 2.73. The Morgan fingerprint density at radius 3 is 2.69 bits per heavy atom. The van der Waals surface area contributed by atoms with Crippen molar-refractivity contribution in [3.05, 3.63) is 0 Å². The molecule has 1 spiro atoms. The normalized spacial score (nSPS) is 38.9. The van der Waals surface area contributed by atoms with Gasteiger partial charge in [-0.05, 0) is 19.4 Å². The van der Waals surface area contributed by atoms with E-state index in [1.54, 1.807) is 0 Å². The lowest BCUT2D eigenvalue weighted by atomic mass is 10.2. The molecule has 0 bridgehead atoms. The van der Waals surface area contributed by atoms with E-state index in [1.807, 2.05) is 0 Å². The highest BCUT2D eigenvalue weighted by Gasteiger charge is 2.51. The van der Waals surface area contributed by atoms with Crippen molar-refractivity contribution in [2.45, 2.75) is 17.7 Å². The quantitative estimate of drug-likeness (QED) is 0.450. The van der Waals surface area contributed by atoms with Crippen molar-refractivity contribution in [1.82, 2.24) is 15.4 Å². The third-order valence-electron chi connectivity index (χ3n) is 2.21. The van der Waals surface area contributed by atoms with E-state index in [2.05, 4.69) is 15.4 Å². The molecule has 0 aromatic carbocycles. The van der Waals surface area contributed by atoms with Crippen LogP contribution >= 0.6 is 0 Å². The third-order valence-corrected chi connectivity index (χ3v) is 3.75. The average Bonchev–Trinajstić information content (AvgIpc) is 2.50. The molecule has 3 amide bonds. The van der Waals surface area contributed by atoms with E-state index >= 15 is 0 Å². The molecular formula is C6H9N3O3S. The predicted molar refractivity (Wildman–Crippen MR) is 44.8 cm³/mol. The van der Waals surface area contributed by atoms with Crippen LogP contribution in [-0.2, 0) is 15.8 Å². The molecule has 0 aromatic heterocycles. The number of imide groups is 1. The molecule has 2 unspecified atom stereocenters. The summed E-state index contributed by atoms with van der Waals surface area (Å²) in [5, 5.41) is 4.96. The fourth-order valence-electron chi connectivity index (χ4n) is 1.55. The average molecular weight is 203 g/mol. The molecule has 2 aliphatic rings. The molecule has 3 N–H and O–H groups in total. The summed E-state index contributed by atoms with van der Waals surface area (Å²) < 4.78 is 13.7. The Labute approximate surface area is 77.0 Å². The molecule has 7 heteroatoms. The third kappa shape index (κ3) is 1.15. The molecule has 0 aromatic rings. The highest BCUT2D eigenvalue weighted by molar-refractivity contribution is 7.86. The zero-order valence-corrected chi connectivity index (χ0v) is 7.57. The molecule has 13 heavy (non-hydrogen) atoms. The summed E-state index contributed by atoms with van der Waals surface area (Å²) in [4.78, 5) is 21.1. The van der Waals surface area contributed by atoms with Crippen molar-refractivity contribution < 1.29 is 13.8 Å². The Bertz CT molecular complexity index is 275. The molecule has 2 fully saturated rings. The van der Waals surface area contributed by atoms with Crippen molar-refractivity contribution in [1.29, 1.82) is 0 Å². The van der Waals surface area contributed by atoms with Crippen LogP contribution in [0, 0.1) is 0 Å². The van der Waals surface area contributed by atoms with E-state index in [9.17, 15) is 13.8 Å². The molecule has 2 saturated heterocycles. The van der Waals surface area contributed by atoms with E-state index in [0.29, 0.717) is 13.0 Å². The number of nitrogens with one attached hydrogen (secondary N) is 3. The smallest absolute Gasteiger partial charge is 0.291 e. The van der Waals surface area contributed by atoms with Gasteiger partial charge in [-0.2, -0.15) is 0 Å². The number of rotatable bonds is 0. The molecule has 0 saturated carbocycles. The Morgan fingerprint density at radius 2 is 2.15 bits per heavy atom. The lowest BCUT2D eigenvalue weighted by Crippen LogP contribution is -2.67. The van der Waals surface area contributed by atoms with Crippen molar-refractivity contribution >= 4 is 22.9 Å². The Balaban J connectivity index is 2.31. The number of urea groups is 1. The second-order valence-corrected chi connectivity index (χ2v) is 4.45. The minimum atomic E-state index is -1.66. The first-order valence-corrected chi connectivity index (χ1v) is 5.09. The summed E-state index contributed by atoms with van der Waals surface area (Å²) in [7, 11) is -1.66. The Kier molecular flexibility index (Phi) is 1.85. The molecular weight excluding hydrogens is 194 g/mol. The van der Waals surface area contributed by atoms with Gasteiger partial charge in [0.2, 0.25) is 0 Å². The van der Waals surface area contributed by atoms with E-state index < -0.39 is 27.8 Å². The second-order valence-electron chi connectivity index (χ2n) is 3.01. The van der Waals surface area contributed by atoms with Crippen LogP contribution in [0.3, 0.4) is 0 Å². The van der Waals surface area contributed by atoms with Crippen molar-refractivity contribution in [2.24, 2.45) is 0 Å². The minimum absolute atomic E-state index is 0.492. The molecule has 2 atom stereocenters. The maximum atomic E-state index is 11.5. The monoisotopic (exact) mass is 203 g/mol. The number of carbonyl (C=O) groups excluding carboxylic acids is 2. The van der Waals surface area contributed by atoms with Crippen LogP contribution in [-0.4, -0.2) is 27.6 Å². The molecule has 0 radical (unpaired) electrons. The van der Waals surface area contributed by atoms with E-state index in [4.69, 9.17) is 0 Å². The van der Waals surface area contributed by atoms with Gasteiger partial charge in [0, 0.05) is 0 Å². The van der Waals surface area contributed by atoms with Crippen LogP contribution in [0.2, 0.25) is 0 Å². The summed E-state index contributed by atoms with van der Waals surface area (Å²) in [5.41, 5.74) is 0. The van der Waals surface area contributed by atoms with Gasteiger partial charge in [-0.15, -0.1) is 0 Å². The SMILES string of the molecule is O=C1NC(=O)C2(CCCN2)S(=O)N1. The molecule has 2 rings (SSSR count). The van der Waals surface area contributed by atoms with Gasteiger partial charge in [-0.25, -0.2) is 9.00 Å². The summed E-state index contributed by atoms with van der Waals surface area (Å²) in [5.74, 6) is -0.493. The van der Waals surface area contributed by atoms with Crippen LogP contribution in [0.25, 0.3) is 0 Å². The van der Waals surface area contributed by atoms with Gasteiger partial charge >= 0.3 is 6.03 Å². The Morgan fingerprint density at radius 1 is 1.38 bits per heavy atom. The highest BCUT2D eigenvalue weighted by Crippen LogP contribution is 2.24. The van der Waals surface area contributed by atoms with Crippen LogP contribution in [0.15, 0.2) is 0 Å². The van der Waals surface area contributed by atoms with Crippen molar-refractivity contribution in [3.63, 3.8) is 0 Å². The van der Waals surface area contributed by atoms with E-state index in [-0.39, 0.29) is 0 Å². The largest absolute Gasteiger partial charge is 0.333 e. The topological polar surface area (TPSA) is 87.3 Å². The second kappa shape index (κ2) is 2.78. The first-order chi connectivity index (χ1) is 6.15. The summed E-state index contributed by atoms with van der Waals surface area (Å²) >= 11 is 0. The predicted octanol–water partition coefficient (Wildman–Crippen LogP) is -1.43. The molecule has 0 aliphatic carbocycles. The number of amides is 3. The summed E-state index contributed by atoms with van der Waals surface area (Å²) in [6.07, 6.45) is 1.28. The van der Waals surface area contributed by atoms with Crippen LogP contribution in [0.5, 0.6) is 0 Å². The minimum Gasteiger partial charge on any atom is -0.291 e. The molecule has 6 nitrogen and oxygen atoms in total. The van der Waals surface area contributed by atoms with Crippen LogP contribution < -0.4 is 15.4 Å². The fraction of sp³-hybridized carbons (Fsp3) is 0.667. The lowest BCUT2D eigenvalue weighted by molar-refractivity contribution is -0.123. The van der Waals surface area contributed by atoms with Crippen LogP contribution in [0.1, 0.15) is 12.8 Å². The number of hydrogen-bond acceptors (Lipinski definition) is 4. The lowest BCUT2D eigenvalue weighted by Gasteiger charge is -2.30. The van der Waals surface area contributed by atoms with Gasteiger partial charge in [-0.3, -0.25) is 20.2 Å². The summed E-state index contributed by atoms with van der Waals surface area (Å²) in [6, 6.07) is -0.692. The molecule has 72 valence electrons. The molecule has 2 aliphatic heterocycles. The summed E-state index contributed by atoms with van der Waals surface area (Å²) in [6.45, 7) is 0.648. The standard InChI is InChI=1S/C6H9N3O3S/c10-4-6(2-1-3-7-6)13(12)9-5(11)8-4/h7H,1-3H2,(H2,8,9,10,11). The number of carbonyl (C=O) groups is 2. The van der Waals surface area contributed by atoms with Crippen molar-refractivity contribution in [3.8, 4) is 0 Å². The van der Waals surface area contributed by atoms with Gasteiger partial charge in [-0.1, -0.05) is 0 Å². The first-order valence-electron chi connectivity index (χ1n) is 3.94. The Hall–Kier alpha value is -0.950. The van der Waals surface area contributed by atoms with Gasteiger partial charge in [0.15, 0.2) is 15.9 Å². The van der Waals surface area contributed by atoms with E-state index in [0.717, 1.165) is 6.42 Å². The van der Waals surface area contributed by atoms with Crippen molar-refractivity contribution in [2.75, 3.05) is 6.54 Å². The van der Waals surface area contributed by atoms with Gasteiger partial charge in [0.1, 0.15) is 0 Å². The van der Waals surface area contributed by atoms with Gasteiger partial charge < -0.3 is 0 Å². The maximum Gasteiger partial charge on any atom is 0.333 e. The maximum absolute atomic E-state index is 11.5. The highest BCUT2D eigenvalue weighted by atomic mass is 32.2. The molecule has 2 heterocycles.